The summed E-state index contributed by atoms with van der Waals surface area (Å²) in [4.78, 5) is 0. The van der Waals surface area contributed by atoms with Gasteiger partial charge in [-0.15, -0.1) is 0 Å². The first-order valence-electron chi connectivity index (χ1n) is 5.85. The lowest BCUT2D eigenvalue weighted by atomic mass is 9.93. The van der Waals surface area contributed by atoms with E-state index in [4.69, 9.17) is 11.6 Å². The summed E-state index contributed by atoms with van der Waals surface area (Å²) < 4.78 is 13.7. The molecule has 1 atom stereocenters. The molecule has 1 N–H and O–H groups in total. The molecule has 0 heterocycles. The summed E-state index contributed by atoms with van der Waals surface area (Å²) in [5.74, 6) is -0.330. The van der Waals surface area contributed by atoms with Gasteiger partial charge >= 0.3 is 0 Å². The molecular formula is C15H11BrClFN2. The van der Waals surface area contributed by atoms with Gasteiger partial charge in [-0.25, -0.2) is 4.39 Å². The van der Waals surface area contributed by atoms with Crippen LogP contribution in [0, 0.1) is 17.1 Å². The minimum Gasteiger partial charge on any atom is -0.364 e. The van der Waals surface area contributed by atoms with Crippen LogP contribution in [0.1, 0.15) is 12.5 Å². The maximum Gasteiger partial charge on any atom is 0.148 e. The smallest absolute Gasteiger partial charge is 0.148 e. The number of hydrogen-bond acceptors (Lipinski definition) is 2. The Bertz CT molecular complexity index is 667. The Labute approximate surface area is 130 Å². The number of hydrogen-bond donors (Lipinski definition) is 1. The zero-order valence-electron chi connectivity index (χ0n) is 10.6. The van der Waals surface area contributed by atoms with Crippen molar-refractivity contribution in [3.63, 3.8) is 0 Å². The van der Waals surface area contributed by atoms with Crippen LogP contribution in [-0.4, -0.2) is 0 Å². The van der Waals surface area contributed by atoms with E-state index in [1.165, 1.54) is 12.1 Å². The van der Waals surface area contributed by atoms with Crippen molar-refractivity contribution in [1.82, 2.24) is 0 Å². The van der Waals surface area contributed by atoms with Crippen molar-refractivity contribution < 1.29 is 4.39 Å². The summed E-state index contributed by atoms with van der Waals surface area (Å²) in [6.07, 6.45) is 0. The summed E-state index contributed by atoms with van der Waals surface area (Å²) in [6.45, 7) is 1.74. The van der Waals surface area contributed by atoms with E-state index in [-0.39, 0.29) is 5.82 Å². The van der Waals surface area contributed by atoms with E-state index in [1.807, 2.05) is 0 Å². The van der Waals surface area contributed by atoms with Gasteiger partial charge in [0.05, 0.1) is 11.1 Å². The first kappa shape index (κ1) is 14.8. The molecule has 102 valence electrons. The quantitative estimate of drug-likeness (QED) is 0.834. The Morgan fingerprint density at radius 3 is 2.45 bits per heavy atom. The monoisotopic (exact) mass is 352 g/mol. The van der Waals surface area contributed by atoms with Crippen LogP contribution >= 0.6 is 27.5 Å². The van der Waals surface area contributed by atoms with Crippen LogP contribution in [0.25, 0.3) is 0 Å². The Hall–Kier alpha value is -1.57. The van der Waals surface area contributed by atoms with E-state index in [2.05, 4.69) is 27.3 Å². The third-order valence-corrected chi connectivity index (χ3v) is 4.17. The molecule has 0 aliphatic heterocycles. The zero-order valence-corrected chi connectivity index (χ0v) is 13.0. The van der Waals surface area contributed by atoms with Gasteiger partial charge in [0.15, 0.2) is 0 Å². The molecule has 0 aliphatic carbocycles. The van der Waals surface area contributed by atoms with Gasteiger partial charge in [0.1, 0.15) is 11.4 Å². The van der Waals surface area contributed by atoms with Crippen LogP contribution in [0.2, 0.25) is 5.02 Å². The molecule has 20 heavy (non-hydrogen) atoms. The molecule has 1 unspecified atom stereocenters. The summed E-state index contributed by atoms with van der Waals surface area (Å²) in [5, 5.41) is 13.2. The van der Waals surface area contributed by atoms with Gasteiger partial charge in [-0.2, -0.15) is 5.26 Å². The highest BCUT2D eigenvalue weighted by Crippen LogP contribution is 2.30. The van der Waals surface area contributed by atoms with Crippen molar-refractivity contribution in [3.8, 4) is 6.07 Å². The third kappa shape index (κ3) is 3.12. The topological polar surface area (TPSA) is 35.8 Å². The lowest BCUT2D eigenvalue weighted by Gasteiger charge is -2.25. The Balaban J connectivity index is 2.34. The fourth-order valence-electron chi connectivity index (χ4n) is 1.81. The molecule has 2 rings (SSSR count). The van der Waals surface area contributed by atoms with Gasteiger partial charge in [-0.05, 0) is 58.7 Å². The molecule has 0 saturated heterocycles. The molecule has 0 aliphatic rings. The third-order valence-electron chi connectivity index (χ3n) is 2.96. The average molecular weight is 354 g/mol. The number of nitriles is 1. The normalized spacial score (nSPS) is 13.3. The molecule has 0 aromatic heterocycles. The Morgan fingerprint density at radius 2 is 1.90 bits per heavy atom. The minimum absolute atomic E-state index is 0.330. The molecule has 0 fully saturated rings. The number of halogens is 3. The predicted octanol–water partition coefficient (Wildman–Crippen LogP) is 5.09. The Morgan fingerprint density at radius 1 is 1.25 bits per heavy atom. The zero-order chi connectivity index (χ0) is 14.8. The highest BCUT2D eigenvalue weighted by molar-refractivity contribution is 9.10. The van der Waals surface area contributed by atoms with Crippen LogP contribution < -0.4 is 5.32 Å². The molecule has 2 aromatic rings. The lowest BCUT2D eigenvalue weighted by Crippen LogP contribution is -2.29. The van der Waals surface area contributed by atoms with Crippen LogP contribution in [0.3, 0.4) is 0 Å². The van der Waals surface area contributed by atoms with Gasteiger partial charge in [0.2, 0.25) is 0 Å². The lowest BCUT2D eigenvalue weighted by molar-refractivity contribution is 0.623. The maximum atomic E-state index is 13.0. The van der Waals surface area contributed by atoms with E-state index in [0.29, 0.717) is 10.6 Å². The predicted molar refractivity (Wildman–Crippen MR) is 82.1 cm³/mol. The second kappa shape index (κ2) is 5.82. The number of nitrogens with zero attached hydrogens (tertiary/aromatic N) is 1. The standard InChI is InChI=1S/C15H11BrClFN2/c1-15(9-19,10-2-4-11(18)5-3-10)20-12-6-7-14(17)13(16)8-12/h2-8,20H,1H3. The summed E-state index contributed by atoms with van der Waals surface area (Å²) >= 11 is 9.28. The first-order chi connectivity index (χ1) is 9.44. The van der Waals surface area contributed by atoms with Crippen molar-refractivity contribution in [2.24, 2.45) is 0 Å². The van der Waals surface area contributed by atoms with Crippen molar-refractivity contribution in [2.45, 2.75) is 12.5 Å². The van der Waals surface area contributed by atoms with Crippen molar-refractivity contribution in [1.29, 1.82) is 5.26 Å². The minimum atomic E-state index is -0.957. The van der Waals surface area contributed by atoms with Crippen molar-refractivity contribution in [2.75, 3.05) is 5.32 Å². The highest BCUT2D eigenvalue weighted by Gasteiger charge is 2.26. The van der Waals surface area contributed by atoms with Gasteiger partial charge in [0.25, 0.3) is 0 Å². The van der Waals surface area contributed by atoms with Crippen LogP contribution in [0.5, 0.6) is 0 Å². The van der Waals surface area contributed by atoms with Crippen molar-refractivity contribution >= 4 is 33.2 Å². The molecule has 2 aromatic carbocycles. The molecule has 0 spiro atoms. The highest BCUT2D eigenvalue weighted by atomic mass is 79.9. The van der Waals surface area contributed by atoms with Gasteiger partial charge in [-0.3, -0.25) is 0 Å². The Kier molecular flexibility index (Phi) is 4.32. The summed E-state index contributed by atoms with van der Waals surface area (Å²) in [7, 11) is 0. The average Bonchev–Trinajstić information content (AvgIpc) is 2.43. The van der Waals surface area contributed by atoms with Gasteiger partial charge < -0.3 is 5.32 Å². The second-order valence-electron chi connectivity index (χ2n) is 4.50. The fourth-order valence-corrected chi connectivity index (χ4v) is 2.31. The summed E-state index contributed by atoms with van der Waals surface area (Å²) in [6, 6.07) is 13.4. The molecule has 0 amide bonds. The van der Waals surface area contributed by atoms with E-state index < -0.39 is 5.54 Å². The molecule has 0 saturated carbocycles. The van der Waals surface area contributed by atoms with E-state index in [0.717, 1.165) is 10.2 Å². The first-order valence-corrected chi connectivity index (χ1v) is 7.02. The largest absolute Gasteiger partial charge is 0.364 e. The van der Waals surface area contributed by atoms with Crippen LogP contribution in [0.4, 0.5) is 10.1 Å². The SMILES string of the molecule is CC(C#N)(Nc1ccc(Cl)c(Br)c1)c1ccc(F)cc1. The van der Waals surface area contributed by atoms with E-state index >= 15 is 0 Å². The second-order valence-corrected chi connectivity index (χ2v) is 5.76. The summed E-state index contributed by atoms with van der Waals surface area (Å²) in [5.41, 5.74) is 0.475. The number of nitrogens with one attached hydrogen (secondary N) is 1. The number of benzene rings is 2. The fraction of sp³-hybridized carbons (Fsp3) is 0.133. The molecule has 0 radical (unpaired) electrons. The van der Waals surface area contributed by atoms with E-state index in [9.17, 15) is 9.65 Å². The molecule has 5 heteroatoms. The molecule has 2 nitrogen and oxygen atoms in total. The molecular weight excluding hydrogens is 343 g/mol. The molecule has 0 bridgehead atoms. The van der Waals surface area contributed by atoms with Gasteiger partial charge in [0, 0.05) is 10.2 Å². The number of rotatable bonds is 3. The van der Waals surface area contributed by atoms with E-state index in [1.54, 1.807) is 37.3 Å². The van der Waals surface area contributed by atoms with Crippen LogP contribution in [-0.2, 0) is 5.54 Å². The van der Waals surface area contributed by atoms with Gasteiger partial charge in [-0.1, -0.05) is 23.7 Å². The maximum absolute atomic E-state index is 13.0. The number of anilines is 1. The van der Waals surface area contributed by atoms with Crippen LogP contribution in [0.15, 0.2) is 46.9 Å². The van der Waals surface area contributed by atoms with Crippen molar-refractivity contribution in [3.05, 3.63) is 63.3 Å².